The van der Waals surface area contributed by atoms with Crippen LogP contribution in [-0.2, 0) is 4.74 Å². The molecule has 0 spiro atoms. The Bertz CT molecular complexity index is 1090. The summed E-state index contributed by atoms with van der Waals surface area (Å²) in [5, 5.41) is 9.43. The zero-order valence-electron chi connectivity index (χ0n) is 17.6. The summed E-state index contributed by atoms with van der Waals surface area (Å²) in [6.45, 7) is 3.95. The molecule has 0 aliphatic carbocycles. The molecule has 0 fully saturated rings. The number of esters is 1. The number of pyridine rings is 1. The number of aromatic nitrogens is 1. The number of ether oxygens (including phenoxy) is 1. The highest BCUT2D eigenvalue weighted by Crippen LogP contribution is 2.29. The molecule has 1 aromatic heterocycles. The molecule has 1 atom stereocenters. The first kappa shape index (κ1) is 22.4. The van der Waals surface area contributed by atoms with E-state index in [2.05, 4.69) is 4.98 Å². The Balaban J connectivity index is 2.00. The summed E-state index contributed by atoms with van der Waals surface area (Å²) in [5.41, 5.74) is 5.14. The third kappa shape index (κ3) is 5.86. The van der Waals surface area contributed by atoms with E-state index in [4.69, 9.17) is 17.0 Å². The molecule has 158 valence electrons. The number of aliphatic hydroxyl groups is 1. The predicted molar refractivity (Wildman–Crippen MR) is 129 cm³/mol. The average Bonchev–Trinajstić information content (AvgIpc) is 2.78. The first-order valence-electron chi connectivity index (χ1n) is 10.2. The van der Waals surface area contributed by atoms with Gasteiger partial charge in [-0.2, -0.15) is 0 Å². The summed E-state index contributed by atoms with van der Waals surface area (Å²) in [5.74, 6) is -0.504. The van der Waals surface area contributed by atoms with Crippen LogP contribution >= 0.6 is 12.2 Å². The Kier molecular flexibility index (Phi) is 7.68. The summed E-state index contributed by atoms with van der Waals surface area (Å²) in [6, 6.07) is 17.4. The first-order chi connectivity index (χ1) is 15.0. The number of hydrogen-bond acceptors (Lipinski definition) is 4. The van der Waals surface area contributed by atoms with Crippen molar-refractivity contribution in [3.8, 4) is 11.1 Å². The van der Waals surface area contributed by atoms with Crippen molar-refractivity contribution in [3.63, 3.8) is 0 Å². The Hall–Kier alpha value is -3.31. The van der Waals surface area contributed by atoms with Gasteiger partial charge in [0.25, 0.3) is 0 Å². The van der Waals surface area contributed by atoms with Crippen LogP contribution in [-0.4, -0.2) is 27.2 Å². The zero-order chi connectivity index (χ0) is 22.2. The van der Waals surface area contributed by atoms with Crippen LogP contribution in [0.4, 0.5) is 0 Å². The summed E-state index contributed by atoms with van der Waals surface area (Å²) in [7, 11) is 0. The van der Waals surface area contributed by atoms with Gasteiger partial charge < -0.3 is 9.84 Å². The van der Waals surface area contributed by atoms with Crippen molar-refractivity contribution in [2.24, 2.45) is 0 Å². The van der Waals surface area contributed by atoms with E-state index in [-0.39, 0.29) is 5.05 Å². The van der Waals surface area contributed by atoms with E-state index >= 15 is 0 Å². The van der Waals surface area contributed by atoms with Gasteiger partial charge in [-0.1, -0.05) is 61.9 Å². The Morgan fingerprint density at radius 3 is 2.55 bits per heavy atom. The van der Waals surface area contributed by atoms with Gasteiger partial charge in [0.05, 0.1) is 5.56 Å². The van der Waals surface area contributed by atoms with Crippen LogP contribution in [0, 0.1) is 6.92 Å². The molecule has 4 nitrogen and oxygen atoms in total. The minimum absolute atomic E-state index is 0.302. The van der Waals surface area contributed by atoms with Gasteiger partial charge in [0, 0.05) is 12.4 Å². The number of rotatable bonds is 8. The second-order valence-electron chi connectivity index (χ2n) is 7.26. The highest BCUT2D eigenvalue weighted by Gasteiger charge is 2.22. The monoisotopic (exact) mass is 431 g/mol. The van der Waals surface area contributed by atoms with Gasteiger partial charge in [-0.15, -0.1) is 0 Å². The number of aryl methyl sites for hydroxylation is 1. The lowest BCUT2D eigenvalue weighted by molar-refractivity contribution is 0.0391. The smallest absolute Gasteiger partial charge is 0.339 e. The minimum Gasteiger partial charge on any atom is -0.499 e. The third-order valence-electron chi connectivity index (χ3n) is 4.93. The molecule has 3 rings (SSSR count). The van der Waals surface area contributed by atoms with Crippen LogP contribution in [0.2, 0.25) is 0 Å². The minimum atomic E-state index is -0.789. The Morgan fingerprint density at radius 2 is 1.87 bits per heavy atom. The van der Waals surface area contributed by atoms with Gasteiger partial charge in [0.1, 0.15) is 0 Å². The second-order valence-corrected chi connectivity index (χ2v) is 7.68. The molecule has 2 aromatic carbocycles. The normalized spacial score (nSPS) is 11.9. The molecular formula is C26H25NO3S. The molecule has 1 unspecified atom stereocenters. The van der Waals surface area contributed by atoms with E-state index in [9.17, 15) is 9.90 Å². The van der Waals surface area contributed by atoms with Gasteiger partial charge >= 0.3 is 5.97 Å². The number of hydrogen-bond donors (Lipinski definition) is 1. The molecule has 0 aliphatic rings. The number of aliphatic hydroxyl groups excluding tert-OH is 1. The van der Waals surface area contributed by atoms with Crippen LogP contribution in [0.25, 0.3) is 23.3 Å². The van der Waals surface area contributed by atoms with E-state index in [1.165, 1.54) is 0 Å². The fraction of sp³-hybridized carbons (Fsp3) is 0.192. The van der Waals surface area contributed by atoms with Crippen molar-refractivity contribution in [3.05, 3.63) is 89.2 Å². The van der Waals surface area contributed by atoms with Gasteiger partial charge in [-0.05, 0) is 71.6 Å². The maximum atomic E-state index is 13.0. The molecule has 0 bridgehead atoms. The van der Waals surface area contributed by atoms with E-state index in [1.54, 1.807) is 18.5 Å². The lowest BCUT2D eigenvalue weighted by Gasteiger charge is -2.17. The molecule has 0 aliphatic heterocycles. The van der Waals surface area contributed by atoms with Gasteiger partial charge in [0.15, 0.2) is 11.2 Å². The number of nitrogens with zero attached hydrogens (tertiary/aromatic N) is 1. The lowest BCUT2D eigenvalue weighted by Crippen LogP contribution is -2.26. The van der Waals surface area contributed by atoms with E-state index in [1.807, 2.05) is 74.5 Å². The molecule has 0 saturated heterocycles. The zero-order valence-corrected chi connectivity index (χ0v) is 18.4. The third-order valence-corrected chi connectivity index (χ3v) is 5.19. The van der Waals surface area contributed by atoms with Crippen LogP contribution in [0.1, 0.15) is 46.8 Å². The maximum absolute atomic E-state index is 13.0. The molecule has 0 radical (unpaired) electrons. The summed E-state index contributed by atoms with van der Waals surface area (Å²) in [4.78, 5) is 17.1. The highest BCUT2D eigenvalue weighted by molar-refractivity contribution is 7.80. The van der Waals surface area contributed by atoms with Crippen molar-refractivity contribution < 1.29 is 14.6 Å². The lowest BCUT2D eigenvalue weighted by atomic mass is 9.94. The molecule has 31 heavy (non-hydrogen) atoms. The van der Waals surface area contributed by atoms with Crippen LogP contribution in [0.3, 0.4) is 0 Å². The average molecular weight is 432 g/mol. The summed E-state index contributed by atoms with van der Waals surface area (Å²) >= 11 is 4.86. The fourth-order valence-corrected chi connectivity index (χ4v) is 3.46. The SMILES string of the molecule is CCCC(OC(=O)c1ccc(C=Cc2cccnc2)cc1-c1ccccc1C)C(O)=S. The highest BCUT2D eigenvalue weighted by atomic mass is 32.1. The molecule has 5 heteroatoms. The number of benzene rings is 2. The standard InChI is InChI=1S/C26H25NO3S/c1-3-7-24(26(29)31)30-25(28)22-14-13-19(11-12-20-9-6-15-27-17-20)16-23(22)21-10-5-4-8-18(21)2/h4-6,8-17,24H,3,7H2,1-2H3,(H,29,31). The number of thiocarbonyl (C=S) groups is 1. The summed E-state index contributed by atoms with van der Waals surface area (Å²) in [6.07, 6.45) is 7.91. The van der Waals surface area contributed by atoms with Crippen LogP contribution in [0.5, 0.6) is 0 Å². The largest absolute Gasteiger partial charge is 0.499 e. The quantitative estimate of drug-likeness (QED) is 0.329. The van der Waals surface area contributed by atoms with Crippen molar-refractivity contribution in [1.82, 2.24) is 4.98 Å². The van der Waals surface area contributed by atoms with Gasteiger partial charge in [-0.25, -0.2) is 4.79 Å². The van der Waals surface area contributed by atoms with Crippen molar-refractivity contribution in [2.45, 2.75) is 32.8 Å². The predicted octanol–water partition coefficient (Wildman–Crippen LogP) is 6.44. The van der Waals surface area contributed by atoms with Gasteiger partial charge in [-0.3, -0.25) is 4.98 Å². The van der Waals surface area contributed by atoms with Crippen LogP contribution in [0.15, 0.2) is 67.0 Å². The maximum Gasteiger partial charge on any atom is 0.339 e. The summed E-state index contributed by atoms with van der Waals surface area (Å²) < 4.78 is 5.55. The Morgan fingerprint density at radius 1 is 1.10 bits per heavy atom. The van der Waals surface area contributed by atoms with E-state index in [0.29, 0.717) is 12.0 Å². The van der Waals surface area contributed by atoms with Crippen molar-refractivity contribution >= 4 is 35.4 Å². The molecule has 3 aromatic rings. The van der Waals surface area contributed by atoms with Gasteiger partial charge in [0.2, 0.25) is 0 Å². The molecule has 1 heterocycles. The van der Waals surface area contributed by atoms with Crippen molar-refractivity contribution in [1.29, 1.82) is 0 Å². The molecule has 0 saturated carbocycles. The van der Waals surface area contributed by atoms with Crippen molar-refractivity contribution in [2.75, 3.05) is 0 Å². The second kappa shape index (κ2) is 10.6. The first-order valence-corrected chi connectivity index (χ1v) is 10.6. The van der Waals surface area contributed by atoms with E-state index < -0.39 is 12.1 Å². The Labute approximate surface area is 188 Å². The van der Waals surface area contributed by atoms with Crippen LogP contribution < -0.4 is 0 Å². The van der Waals surface area contributed by atoms with E-state index in [0.717, 1.165) is 34.2 Å². The topological polar surface area (TPSA) is 59.4 Å². The fourth-order valence-electron chi connectivity index (χ4n) is 3.30. The molecular weight excluding hydrogens is 406 g/mol. The molecule has 0 amide bonds. The molecule has 1 N–H and O–H groups in total. The number of carbonyl (C=O) groups is 1. The number of carbonyl (C=O) groups excluding carboxylic acids is 1.